The predicted octanol–water partition coefficient (Wildman–Crippen LogP) is 1.33. The van der Waals surface area contributed by atoms with Crippen LogP contribution in [0.25, 0.3) is 0 Å². The standard InChI is InChI=1S/C12H25NO3/c1-10(2)12(3,15)9-13-11(14)7-5-6-8-16-4/h10,15H,5-9H2,1-4H3,(H,13,14). The Morgan fingerprint density at radius 1 is 1.44 bits per heavy atom. The number of hydrogen-bond acceptors (Lipinski definition) is 3. The molecule has 0 radical (unpaired) electrons. The molecular formula is C12H25NO3. The lowest BCUT2D eigenvalue weighted by atomic mass is 9.92. The summed E-state index contributed by atoms with van der Waals surface area (Å²) < 4.78 is 4.90. The smallest absolute Gasteiger partial charge is 0.220 e. The Labute approximate surface area is 98.4 Å². The van der Waals surface area contributed by atoms with Gasteiger partial charge in [-0.2, -0.15) is 0 Å². The first kappa shape index (κ1) is 15.4. The van der Waals surface area contributed by atoms with E-state index in [9.17, 15) is 9.90 Å². The summed E-state index contributed by atoms with van der Waals surface area (Å²) >= 11 is 0. The number of carbonyl (C=O) groups excluding carboxylic acids is 1. The summed E-state index contributed by atoms with van der Waals surface area (Å²) in [6.07, 6.45) is 2.21. The summed E-state index contributed by atoms with van der Waals surface area (Å²) in [6, 6.07) is 0. The van der Waals surface area contributed by atoms with Crippen molar-refractivity contribution < 1.29 is 14.6 Å². The zero-order chi connectivity index (χ0) is 12.6. The first-order valence-corrected chi connectivity index (χ1v) is 5.88. The number of rotatable bonds is 8. The monoisotopic (exact) mass is 231 g/mol. The largest absolute Gasteiger partial charge is 0.388 e. The van der Waals surface area contributed by atoms with Crippen LogP contribution in [0.15, 0.2) is 0 Å². The Balaban J connectivity index is 3.65. The van der Waals surface area contributed by atoms with Crippen molar-refractivity contribution in [2.24, 2.45) is 5.92 Å². The highest BCUT2D eigenvalue weighted by Crippen LogP contribution is 2.14. The number of unbranched alkanes of at least 4 members (excludes halogenated alkanes) is 1. The van der Waals surface area contributed by atoms with Crippen LogP contribution in [0.1, 0.15) is 40.0 Å². The second-order valence-electron chi connectivity index (χ2n) is 4.74. The van der Waals surface area contributed by atoms with E-state index in [1.165, 1.54) is 0 Å². The van der Waals surface area contributed by atoms with Crippen LogP contribution in [0.2, 0.25) is 0 Å². The summed E-state index contributed by atoms with van der Waals surface area (Å²) in [7, 11) is 1.65. The number of ether oxygens (including phenoxy) is 1. The van der Waals surface area contributed by atoms with E-state index in [0.29, 0.717) is 19.6 Å². The predicted molar refractivity (Wildman–Crippen MR) is 64.2 cm³/mol. The number of amides is 1. The van der Waals surface area contributed by atoms with E-state index in [-0.39, 0.29) is 11.8 Å². The maximum absolute atomic E-state index is 11.4. The second-order valence-corrected chi connectivity index (χ2v) is 4.74. The molecule has 2 N–H and O–H groups in total. The Morgan fingerprint density at radius 3 is 2.56 bits per heavy atom. The lowest BCUT2D eigenvalue weighted by Crippen LogP contribution is -2.44. The van der Waals surface area contributed by atoms with Gasteiger partial charge in [0, 0.05) is 26.7 Å². The molecule has 1 atom stereocenters. The molecule has 0 saturated heterocycles. The maximum atomic E-state index is 11.4. The zero-order valence-corrected chi connectivity index (χ0v) is 10.9. The third-order valence-electron chi connectivity index (χ3n) is 2.89. The van der Waals surface area contributed by atoms with Crippen LogP contribution in [-0.2, 0) is 9.53 Å². The van der Waals surface area contributed by atoms with Crippen molar-refractivity contribution in [3.63, 3.8) is 0 Å². The average Bonchev–Trinajstić information content (AvgIpc) is 2.21. The minimum atomic E-state index is -0.831. The van der Waals surface area contributed by atoms with Gasteiger partial charge in [-0.1, -0.05) is 13.8 Å². The average molecular weight is 231 g/mol. The molecule has 0 fully saturated rings. The highest BCUT2D eigenvalue weighted by atomic mass is 16.5. The van der Waals surface area contributed by atoms with Crippen LogP contribution in [0.5, 0.6) is 0 Å². The van der Waals surface area contributed by atoms with Crippen molar-refractivity contribution >= 4 is 5.91 Å². The van der Waals surface area contributed by atoms with Gasteiger partial charge >= 0.3 is 0 Å². The summed E-state index contributed by atoms with van der Waals surface area (Å²) in [5.41, 5.74) is -0.831. The van der Waals surface area contributed by atoms with Crippen LogP contribution >= 0.6 is 0 Å². The lowest BCUT2D eigenvalue weighted by molar-refractivity contribution is -0.122. The molecule has 0 aromatic heterocycles. The SMILES string of the molecule is COCCCCC(=O)NCC(C)(O)C(C)C. The molecule has 16 heavy (non-hydrogen) atoms. The fourth-order valence-corrected chi connectivity index (χ4v) is 1.10. The second kappa shape index (κ2) is 7.63. The first-order valence-electron chi connectivity index (χ1n) is 5.88. The Bertz CT molecular complexity index is 202. The van der Waals surface area contributed by atoms with Crippen molar-refractivity contribution in [1.82, 2.24) is 5.32 Å². The highest BCUT2D eigenvalue weighted by molar-refractivity contribution is 5.75. The third kappa shape index (κ3) is 6.80. The van der Waals surface area contributed by atoms with Gasteiger partial charge in [-0.05, 0) is 25.7 Å². The molecule has 0 aromatic rings. The van der Waals surface area contributed by atoms with E-state index in [1.54, 1.807) is 14.0 Å². The molecule has 1 amide bonds. The molecule has 1 unspecified atom stereocenters. The highest BCUT2D eigenvalue weighted by Gasteiger charge is 2.24. The van der Waals surface area contributed by atoms with Gasteiger partial charge in [-0.15, -0.1) is 0 Å². The molecule has 0 aliphatic heterocycles. The molecule has 0 saturated carbocycles. The zero-order valence-electron chi connectivity index (χ0n) is 10.9. The van der Waals surface area contributed by atoms with Gasteiger partial charge in [-0.3, -0.25) is 4.79 Å². The van der Waals surface area contributed by atoms with Gasteiger partial charge in [-0.25, -0.2) is 0 Å². The minimum Gasteiger partial charge on any atom is -0.388 e. The molecule has 4 nitrogen and oxygen atoms in total. The lowest BCUT2D eigenvalue weighted by Gasteiger charge is -2.27. The van der Waals surface area contributed by atoms with Crippen LogP contribution in [0, 0.1) is 5.92 Å². The third-order valence-corrected chi connectivity index (χ3v) is 2.89. The fraction of sp³-hybridized carbons (Fsp3) is 0.917. The van der Waals surface area contributed by atoms with Crippen LogP contribution < -0.4 is 5.32 Å². The van der Waals surface area contributed by atoms with Crippen molar-refractivity contribution in [1.29, 1.82) is 0 Å². The number of hydrogen-bond donors (Lipinski definition) is 2. The molecule has 0 aliphatic rings. The molecule has 0 bridgehead atoms. The van der Waals surface area contributed by atoms with Gasteiger partial charge in [0.15, 0.2) is 0 Å². The van der Waals surface area contributed by atoms with Crippen LogP contribution in [0.3, 0.4) is 0 Å². The van der Waals surface area contributed by atoms with E-state index >= 15 is 0 Å². The minimum absolute atomic E-state index is 0.00275. The number of carbonyl (C=O) groups is 1. The molecule has 4 heteroatoms. The van der Waals surface area contributed by atoms with Crippen molar-refractivity contribution in [3.8, 4) is 0 Å². The quantitative estimate of drug-likeness (QED) is 0.620. The fourth-order valence-electron chi connectivity index (χ4n) is 1.10. The van der Waals surface area contributed by atoms with E-state index in [2.05, 4.69) is 5.32 Å². The van der Waals surface area contributed by atoms with Gasteiger partial charge in [0.05, 0.1) is 5.60 Å². The summed E-state index contributed by atoms with van der Waals surface area (Å²) in [6.45, 7) is 6.61. The van der Waals surface area contributed by atoms with Crippen molar-refractivity contribution in [2.45, 2.75) is 45.6 Å². The Hall–Kier alpha value is -0.610. The number of aliphatic hydroxyl groups is 1. The molecule has 0 rings (SSSR count). The van der Waals surface area contributed by atoms with E-state index in [4.69, 9.17) is 4.74 Å². The van der Waals surface area contributed by atoms with Crippen molar-refractivity contribution in [3.05, 3.63) is 0 Å². The van der Waals surface area contributed by atoms with Gasteiger partial charge < -0.3 is 15.2 Å². The van der Waals surface area contributed by atoms with Gasteiger partial charge in [0.2, 0.25) is 5.91 Å². The molecule has 96 valence electrons. The van der Waals surface area contributed by atoms with Gasteiger partial charge in [0.25, 0.3) is 0 Å². The Kier molecular flexibility index (Phi) is 7.34. The maximum Gasteiger partial charge on any atom is 0.220 e. The molecule has 0 aromatic carbocycles. The van der Waals surface area contributed by atoms with Gasteiger partial charge in [0.1, 0.15) is 0 Å². The van der Waals surface area contributed by atoms with Crippen molar-refractivity contribution in [2.75, 3.05) is 20.3 Å². The summed E-state index contributed by atoms with van der Waals surface area (Å²) in [5.74, 6) is 0.123. The topological polar surface area (TPSA) is 58.6 Å². The molecular weight excluding hydrogens is 206 g/mol. The number of nitrogens with one attached hydrogen (secondary N) is 1. The van der Waals surface area contributed by atoms with E-state index in [0.717, 1.165) is 12.8 Å². The normalized spacial score (nSPS) is 14.9. The summed E-state index contributed by atoms with van der Waals surface area (Å²) in [4.78, 5) is 11.4. The molecule has 0 spiro atoms. The number of methoxy groups -OCH3 is 1. The Morgan fingerprint density at radius 2 is 2.06 bits per heavy atom. The van der Waals surface area contributed by atoms with Crippen LogP contribution in [-0.4, -0.2) is 36.9 Å². The summed E-state index contributed by atoms with van der Waals surface area (Å²) in [5, 5.41) is 12.7. The molecule has 0 aliphatic carbocycles. The van der Waals surface area contributed by atoms with Crippen LogP contribution in [0.4, 0.5) is 0 Å². The first-order chi connectivity index (χ1) is 7.40. The van der Waals surface area contributed by atoms with E-state index < -0.39 is 5.60 Å². The molecule has 0 heterocycles. The van der Waals surface area contributed by atoms with E-state index in [1.807, 2.05) is 13.8 Å².